The third kappa shape index (κ3) is 4.31. The third-order valence-corrected chi connectivity index (χ3v) is 2.39. The van der Waals surface area contributed by atoms with Crippen LogP contribution in [-0.4, -0.2) is 23.4 Å². The van der Waals surface area contributed by atoms with E-state index >= 15 is 0 Å². The summed E-state index contributed by atoms with van der Waals surface area (Å²) in [6, 6.07) is 11.6. The number of halogens is 1. The molecule has 94 valence electrons. The smallest absolute Gasteiger partial charge is 0.155 e. The van der Waals surface area contributed by atoms with E-state index in [9.17, 15) is 0 Å². The molecule has 0 amide bonds. The van der Waals surface area contributed by atoms with Gasteiger partial charge in [0, 0.05) is 6.07 Å². The lowest BCUT2D eigenvalue weighted by molar-refractivity contribution is 0.0887. The molecule has 0 fully saturated rings. The molecule has 0 unspecified atom stereocenters. The summed E-state index contributed by atoms with van der Waals surface area (Å²) in [6.45, 7) is 1.54. The SMILES string of the molecule is Clc1cc(OCCOCc2ccccc2)cnn1. The van der Waals surface area contributed by atoms with Crippen LogP contribution in [-0.2, 0) is 11.3 Å². The summed E-state index contributed by atoms with van der Waals surface area (Å²) in [7, 11) is 0. The number of hydrogen-bond acceptors (Lipinski definition) is 4. The molecule has 18 heavy (non-hydrogen) atoms. The van der Waals surface area contributed by atoms with Gasteiger partial charge in [-0.2, -0.15) is 5.10 Å². The van der Waals surface area contributed by atoms with Crippen molar-refractivity contribution in [2.75, 3.05) is 13.2 Å². The zero-order chi connectivity index (χ0) is 12.6. The summed E-state index contributed by atoms with van der Waals surface area (Å²) < 4.78 is 10.9. The van der Waals surface area contributed by atoms with Gasteiger partial charge in [0.2, 0.25) is 0 Å². The second-order valence-electron chi connectivity index (χ2n) is 3.60. The lowest BCUT2D eigenvalue weighted by Crippen LogP contribution is -2.07. The Kier molecular flexibility index (Phi) is 4.93. The van der Waals surface area contributed by atoms with Crippen LogP contribution < -0.4 is 4.74 Å². The zero-order valence-corrected chi connectivity index (χ0v) is 10.5. The molecule has 1 heterocycles. The van der Waals surface area contributed by atoms with Crippen LogP contribution in [0.3, 0.4) is 0 Å². The topological polar surface area (TPSA) is 44.2 Å². The number of ether oxygens (including phenoxy) is 2. The number of hydrogen-bond donors (Lipinski definition) is 0. The predicted octanol–water partition coefficient (Wildman–Crippen LogP) is 2.73. The third-order valence-electron chi connectivity index (χ3n) is 2.21. The summed E-state index contributed by atoms with van der Waals surface area (Å²) in [4.78, 5) is 0. The van der Waals surface area contributed by atoms with Gasteiger partial charge in [0.1, 0.15) is 12.4 Å². The van der Waals surface area contributed by atoms with Gasteiger partial charge in [0.05, 0.1) is 19.4 Å². The molecule has 0 aliphatic carbocycles. The van der Waals surface area contributed by atoms with Crippen LogP contribution in [0.15, 0.2) is 42.6 Å². The molecule has 0 bridgehead atoms. The normalized spacial score (nSPS) is 10.3. The van der Waals surface area contributed by atoms with Crippen LogP contribution in [0.1, 0.15) is 5.56 Å². The highest BCUT2D eigenvalue weighted by Gasteiger charge is 1.97. The fourth-order valence-electron chi connectivity index (χ4n) is 1.39. The molecule has 0 spiro atoms. The van der Waals surface area contributed by atoms with Crippen LogP contribution in [0, 0.1) is 0 Å². The standard InChI is InChI=1S/C13H13ClN2O2/c14-13-8-12(9-15-16-13)18-7-6-17-10-11-4-2-1-3-5-11/h1-5,8-9H,6-7,10H2. The number of rotatable bonds is 6. The lowest BCUT2D eigenvalue weighted by Gasteiger charge is -2.06. The van der Waals surface area contributed by atoms with Crippen molar-refractivity contribution < 1.29 is 9.47 Å². The Balaban J connectivity index is 1.65. The number of benzene rings is 1. The molecule has 0 radical (unpaired) electrons. The molecule has 0 aliphatic heterocycles. The van der Waals surface area contributed by atoms with Gasteiger partial charge < -0.3 is 9.47 Å². The Labute approximate surface area is 111 Å². The van der Waals surface area contributed by atoms with Gasteiger partial charge in [-0.15, -0.1) is 5.10 Å². The first-order chi connectivity index (χ1) is 8.84. The molecule has 0 saturated carbocycles. The Morgan fingerprint density at radius 3 is 2.72 bits per heavy atom. The summed E-state index contributed by atoms with van der Waals surface area (Å²) in [5.41, 5.74) is 1.14. The van der Waals surface area contributed by atoms with Gasteiger partial charge >= 0.3 is 0 Å². The van der Waals surface area contributed by atoms with Crippen LogP contribution in [0.4, 0.5) is 0 Å². The molecule has 1 aromatic heterocycles. The maximum atomic E-state index is 5.68. The quantitative estimate of drug-likeness (QED) is 0.753. The molecule has 0 aliphatic rings. The second-order valence-corrected chi connectivity index (χ2v) is 3.99. The van der Waals surface area contributed by atoms with E-state index in [1.165, 1.54) is 6.20 Å². The van der Waals surface area contributed by atoms with E-state index in [2.05, 4.69) is 10.2 Å². The lowest BCUT2D eigenvalue weighted by atomic mass is 10.2. The predicted molar refractivity (Wildman–Crippen MR) is 68.6 cm³/mol. The van der Waals surface area contributed by atoms with E-state index in [1.807, 2.05) is 30.3 Å². The van der Waals surface area contributed by atoms with Crippen LogP contribution in [0.5, 0.6) is 5.75 Å². The van der Waals surface area contributed by atoms with Gasteiger partial charge in [0.15, 0.2) is 5.15 Å². The van der Waals surface area contributed by atoms with Crippen LogP contribution in [0.2, 0.25) is 5.15 Å². The first-order valence-corrected chi connectivity index (χ1v) is 5.95. The minimum Gasteiger partial charge on any atom is -0.489 e. The molecule has 2 aromatic rings. The van der Waals surface area contributed by atoms with E-state index in [0.29, 0.717) is 30.7 Å². The monoisotopic (exact) mass is 264 g/mol. The van der Waals surface area contributed by atoms with Gasteiger partial charge in [0.25, 0.3) is 0 Å². The maximum Gasteiger partial charge on any atom is 0.155 e. The second kappa shape index (κ2) is 6.93. The van der Waals surface area contributed by atoms with E-state index < -0.39 is 0 Å². The Morgan fingerprint density at radius 1 is 1.11 bits per heavy atom. The molecule has 2 rings (SSSR count). The van der Waals surface area contributed by atoms with Gasteiger partial charge in [-0.25, -0.2) is 0 Å². The van der Waals surface area contributed by atoms with Gasteiger partial charge in [-0.05, 0) is 5.56 Å². The fraction of sp³-hybridized carbons (Fsp3) is 0.231. The Bertz CT molecular complexity index is 479. The van der Waals surface area contributed by atoms with Crippen molar-refractivity contribution in [2.45, 2.75) is 6.61 Å². The molecule has 0 N–H and O–H groups in total. The van der Waals surface area contributed by atoms with Crippen molar-refractivity contribution in [3.63, 3.8) is 0 Å². The van der Waals surface area contributed by atoms with Crippen molar-refractivity contribution in [2.24, 2.45) is 0 Å². The number of aromatic nitrogens is 2. The summed E-state index contributed by atoms with van der Waals surface area (Å²) >= 11 is 5.68. The van der Waals surface area contributed by atoms with E-state index in [0.717, 1.165) is 5.56 Å². The molecular weight excluding hydrogens is 252 g/mol. The van der Waals surface area contributed by atoms with E-state index in [4.69, 9.17) is 21.1 Å². The Morgan fingerprint density at radius 2 is 1.94 bits per heavy atom. The summed E-state index contributed by atoms with van der Waals surface area (Å²) in [6.07, 6.45) is 1.52. The first-order valence-electron chi connectivity index (χ1n) is 5.57. The molecule has 4 nitrogen and oxygen atoms in total. The highest BCUT2D eigenvalue weighted by atomic mass is 35.5. The fourth-order valence-corrected chi connectivity index (χ4v) is 1.54. The molecule has 0 atom stereocenters. The average molecular weight is 265 g/mol. The molecular formula is C13H13ClN2O2. The largest absolute Gasteiger partial charge is 0.489 e. The first kappa shape index (κ1) is 12.8. The van der Waals surface area contributed by atoms with Crippen molar-refractivity contribution >= 4 is 11.6 Å². The average Bonchev–Trinajstić information content (AvgIpc) is 2.40. The zero-order valence-electron chi connectivity index (χ0n) is 9.75. The molecule has 5 heteroatoms. The minimum atomic E-state index is 0.317. The Hall–Kier alpha value is -1.65. The maximum absolute atomic E-state index is 5.68. The molecule has 1 aromatic carbocycles. The highest BCUT2D eigenvalue weighted by molar-refractivity contribution is 6.29. The summed E-state index contributed by atoms with van der Waals surface area (Å²) in [5.74, 6) is 0.596. The number of nitrogens with zero attached hydrogens (tertiary/aromatic N) is 2. The molecule has 0 saturated heterocycles. The van der Waals surface area contributed by atoms with E-state index in [-0.39, 0.29) is 0 Å². The van der Waals surface area contributed by atoms with Crippen LogP contribution >= 0.6 is 11.6 Å². The van der Waals surface area contributed by atoms with Crippen molar-refractivity contribution in [3.8, 4) is 5.75 Å². The van der Waals surface area contributed by atoms with Gasteiger partial charge in [-0.3, -0.25) is 0 Å². The minimum absolute atomic E-state index is 0.317. The van der Waals surface area contributed by atoms with Gasteiger partial charge in [-0.1, -0.05) is 41.9 Å². The summed E-state index contributed by atoms with van der Waals surface area (Å²) in [5, 5.41) is 7.63. The van der Waals surface area contributed by atoms with Crippen LogP contribution in [0.25, 0.3) is 0 Å². The van der Waals surface area contributed by atoms with Crippen molar-refractivity contribution in [1.29, 1.82) is 0 Å². The van der Waals surface area contributed by atoms with Crippen molar-refractivity contribution in [1.82, 2.24) is 10.2 Å². The van der Waals surface area contributed by atoms with Crippen molar-refractivity contribution in [3.05, 3.63) is 53.3 Å². The van der Waals surface area contributed by atoms with E-state index in [1.54, 1.807) is 6.07 Å². The highest BCUT2D eigenvalue weighted by Crippen LogP contribution is 2.12.